The molecular weight excluding hydrogens is 397 g/mol. The van der Waals surface area contributed by atoms with Gasteiger partial charge in [0, 0.05) is 23.2 Å². The fourth-order valence-corrected chi connectivity index (χ4v) is 3.18. The maximum absolute atomic E-state index is 12.3. The summed E-state index contributed by atoms with van der Waals surface area (Å²) in [6.07, 6.45) is 0. The van der Waals surface area contributed by atoms with Crippen molar-refractivity contribution in [1.29, 1.82) is 0 Å². The Bertz CT molecular complexity index is 1150. The number of amides is 1. The van der Waals surface area contributed by atoms with Crippen LogP contribution in [0.25, 0.3) is 11.0 Å². The van der Waals surface area contributed by atoms with Crippen LogP contribution in [0.5, 0.6) is 5.75 Å². The van der Waals surface area contributed by atoms with Crippen LogP contribution in [-0.2, 0) is 14.1 Å². The summed E-state index contributed by atoms with van der Waals surface area (Å²) in [5.74, 6) is 0.131. The van der Waals surface area contributed by atoms with E-state index in [1.165, 1.54) is 6.07 Å². The predicted octanol–water partition coefficient (Wildman–Crippen LogP) is 3.11. The molecule has 0 unspecified atom stereocenters. The van der Waals surface area contributed by atoms with Crippen molar-refractivity contribution in [1.82, 2.24) is 0 Å². The van der Waals surface area contributed by atoms with Gasteiger partial charge in [0.25, 0.3) is 5.91 Å². The summed E-state index contributed by atoms with van der Waals surface area (Å²) in [5.41, 5.74) is 0.666. The molecule has 1 aromatic heterocycles. The molecule has 7 nitrogen and oxygen atoms in total. The van der Waals surface area contributed by atoms with Crippen molar-refractivity contribution >= 4 is 35.1 Å². The summed E-state index contributed by atoms with van der Waals surface area (Å²) in [4.78, 5) is 23.6. The van der Waals surface area contributed by atoms with Gasteiger partial charge in [-0.15, -0.1) is 0 Å². The van der Waals surface area contributed by atoms with Crippen LogP contribution in [0.15, 0.2) is 63.8 Å². The summed E-state index contributed by atoms with van der Waals surface area (Å²) in [6.45, 7) is 7.84. The first-order valence-electron chi connectivity index (χ1n) is 10.1. The standard InChI is InChI=1S/C23H24BNO6/c1-22(2)23(3,4)31-24(30-22)16-7-9-17(10-8-16)25-20(26)14-28-18-11-5-15-6-12-21(27)29-19(15)13-18/h5-13H,14H2,1-4H3,(H,25,26). The molecule has 31 heavy (non-hydrogen) atoms. The molecule has 160 valence electrons. The van der Waals surface area contributed by atoms with Crippen LogP contribution in [-0.4, -0.2) is 30.8 Å². The van der Waals surface area contributed by atoms with Gasteiger partial charge >= 0.3 is 12.7 Å². The van der Waals surface area contributed by atoms with Crippen molar-refractivity contribution in [2.24, 2.45) is 0 Å². The quantitative estimate of drug-likeness (QED) is 0.503. The van der Waals surface area contributed by atoms with Crippen LogP contribution in [0, 0.1) is 0 Å². The Balaban J connectivity index is 1.34. The van der Waals surface area contributed by atoms with E-state index in [-0.39, 0.29) is 12.5 Å². The van der Waals surface area contributed by atoms with E-state index in [9.17, 15) is 9.59 Å². The molecule has 1 aliphatic heterocycles. The van der Waals surface area contributed by atoms with E-state index in [1.54, 1.807) is 36.4 Å². The molecular formula is C23H24BNO6. The second kappa shape index (κ2) is 7.87. The van der Waals surface area contributed by atoms with E-state index in [0.717, 1.165) is 10.8 Å². The van der Waals surface area contributed by atoms with Crippen molar-refractivity contribution in [2.75, 3.05) is 11.9 Å². The first kappa shape index (κ1) is 21.1. The van der Waals surface area contributed by atoms with Gasteiger partial charge in [-0.2, -0.15) is 0 Å². The van der Waals surface area contributed by atoms with Crippen LogP contribution >= 0.6 is 0 Å². The number of nitrogens with one attached hydrogen (secondary N) is 1. The summed E-state index contributed by atoms with van der Waals surface area (Å²) in [5, 5.41) is 3.57. The number of anilines is 1. The van der Waals surface area contributed by atoms with Crippen molar-refractivity contribution in [3.63, 3.8) is 0 Å². The molecule has 2 heterocycles. The minimum Gasteiger partial charge on any atom is -0.484 e. The number of ether oxygens (including phenoxy) is 1. The van der Waals surface area contributed by atoms with Gasteiger partial charge in [0.15, 0.2) is 6.61 Å². The van der Waals surface area contributed by atoms with Crippen molar-refractivity contribution in [2.45, 2.75) is 38.9 Å². The summed E-state index contributed by atoms with van der Waals surface area (Å²) in [6, 6.07) is 15.4. The van der Waals surface area contributed by atoms with E-state index in [4.69, 9.17) is 18.5 Å². The molecule has 4 rings (SSSR count). The molecule has 1 N–H and O–H groups in total. The van der Waals surface area contributed by atoms with Crippen molar-refractivity contribution in [3.05, 3.63) is 65.0 Å². The van der Waals surface area contributed by atoms with E-state index >= 15 is 0 Å². The number of carbonyl (C=O) groups excluding carboxylic acids is 1. The maximum atomic E-state index is 12.3. The van der Waals surface area contributed by atoms with Gasteiger partial charge in [-0.25, -0.2) is 4.79 Å². The maximum Gasteiger partial charge on any atom is 0.494 e. The van der Waals surface area contributed by atoms with Gasteiger partial charge < -0.3 is 23.8 Å². The summed E-state index contributed by atoms with van der Waals surface area (Å²) >= 11 is 0. The molecule has 8 heteroatoms. The zero-order valence-electron chi connectivity index (χ0n) is 17.9. The van der Waals surface area contributed by atoms with Gasteiger partial charge in [-0.3, -0.25) is 4.79 Å². The third kappa shape index (κ3) is 4.50. The van der Waals surface area contributed by atoms with E-state index in [2.05, 4.69) is 5.32 Å². The molecule has 0 saturated carbocycles. The smallest absolute Gasteiger partial charge is 0.484 e. The van der Waals surface area contributed by atoms with E-state index in [0.29, 0.717) is 17.0 Å². The Kier molecular flexibility index (Phi) is 5.37. The first-order chi connectivity index (χ1) is 14.6. The molecule has 3 aromatic rings. The Morgan fingerprint density at radius 2 is 1.61 bits per heavy atom. The Labute approximate surface area is 180 Å². The van der Waals surface area contributed by atoms with Gasteiger partial charge in [0.1, 0.15) is 11.3 Å². The fourth-order valence-electron chi connectivity index (χ4n) is 3.18. The third-order valence-corrected chi connectivity index (χ3v) is 5.68. The van der Waals surface area contributed by atoms with Crippen LogP contribution in [0.4, 0.5) is 5.69 Å². The summed E-state index contributed by atoms with van der Waals surface area (Å²) in [7, 11) is -0.453. The lowest BCUT2D eigenvalue weighted by atomic mass is 9.79. The summed E-state index contributed by atoms with van der Waals surface area (Å²) < 4.78 is 22.7. The molecule has 0 aliphatic carbocycles. The molecule has 0 bridgehead atoms. The Hall–Kier alpha value is -3.10. The van der Waals surface area contributed by atoms with Crippen molar-refractivity contribution < 1.29 is 23.3 Å². The highest BCUT2D eigenvalue weighted by atomic mass is 16.7. The van der Waals surface area contributed by atoms with E-state index in [1.807, 2.05) is 39.8 Å². The predicted molar refractivity (Wildman–Crippen MR) is 119 cm³/mol. The number of rotatable bonds is 5. The number of carbonyl (C=O) groups is 1. The average Bonchev–Trinajstić information content (AvgIpc) is 2.93. The lowest BCUT2D eigenvalue weighted by Crippen LogP contribution is -2.41. The molecule has 0 atom stereocenters. The monoisotopic (exact) mass is 421 g/mol. The number of hydrogen-bond donors (Lipinski definition) is 1. The Morgan fingerprint density at radius 3 is 2.29 bits per heavy atom. The topological polar surface area (TPSA) is 87.0 Å². The van der Waals surface area contributed by atoms with Crippen LogP contribution < -0.4 is 21.1 Å². The minimum absolute atomic E-state index is 0.179. The number of fused-ring (bicyclic) bond motifs is 1. The van der Waals surface area contributed by atoms with Gasteiger partial charge in [0.05, 0.1) is 11.2 Å². The molecule has 1 fully saturated rings. The second-order valence-electron chi connectivity index (χ2n) is 8.50. The highest BCUT2D eigenvalue weighted by Crippen LogP contribution is 2.36. The van der Waals surface area contributed by atoms with Crippen molar-refractivity contribution in [3.8, 4) is 5.75 Å². The highest BCUT2D eigenvalue weighted by Gasteiger charge is 2.51. The van der Waals surface area contributed by atoms with Gasteiger partial charge in [-0.1, -0.05) is 12.1 Å². The molecule has 1 amide bonds. The van der Waals surface area contributed by atoms with E-state index < -0.39 is 23.9 Å². The fraction of sp³-hybridized carbons (Fsp3) is 0.304. The van der Waals surface area contributed by atoms with Crippen LogP contribution in [0.3, 0.4) is 0 Å². The van der Waals surface area contributed by atoms with Crippen LogP contribution in [0.2, 0.25) is 0 Å². The molecule has 0 spiro atoms. The lowest BCUT2D eigenvalue weighted by Gasteiger charge is -2.32. The zero-order valence-corrected chi connectivity index (χ0v) is 17.9. The molecule has 2 aromatic carbocycles. The number of hydrogen-bond acceptors (Lipinski definition) is 6. The SMILES string of the molecule is CC1(C)OB(c2ccc(NC(=O)COc3ccc4ccc(=O)oc4c3)cc2)OC1(C)C. The lowest BCUT2D eigenvalue weighted by molar-refractivity contribution is -0.118. The van der Waals surface area contributed by atoms with Gasteiger partial charge in [-0.05, 0) is 63.5 Å². The van der Waals surface area contributed by atoms with Gasteiger partial charge in [0.2, 0.25) is 0 Å². The number of benzene rings is 2. The largest absolute Gasteiger partial charge is 0.494 e. The third-order valence-electron chi connectivity index (χ3n) is 5.68. The molecule has 1 saturated heterocycles. The zero-order chi connectivity index (χ0) is 22.2. The highest BCUT2D eigenvalue weighted by molar-refractivity contribution is 6.62. The Morgan fingerprint density at radius 1 is 0.968 bits per heavy atom. The normalized spacial score (nSPS) is 17.0. The van der Waals surface area contributed by atoms with Crippen LogP contribution in [0.1, 0.15) is 27.7 Å². The molecule has 0 radical (unpaired) electrons. The minimum atomic E-state index is -0.453. The average molecular weight is 421 g/mol. The second-order valence-corrected chi connectivity index (χ2v) is 8.50. The molecule has 1 aliphatic rings. The first-order valence-corrected chi connectivity index (χ1v) is 10.1.